The van der Waals surface area contributed by atoms with Gasteiger partial charge in [-0.3, -0.25) is 4.79 Å². The van der Waals surface area contributed by atoms with Crippen LogP contribution in [0.3, 0.4) is 0 Å². The zero-order valence-electron chi connectivity index (χ0n) is 38.7. The van der Waals surface area contributed by atoms with Crippen LogP contribution in [0, 0.1) is 0 Å². The van der Waals surface area contributed by atoms with E-state index in [1.54, 1.807) is 6.08 Å². The maximum atomic E-state index is 13.0. The molecule has 1 saturated heterocycles. The SMILES string of the molecule is CCCCCCCCCCC/C=C/CC/C=C/C(O)C(COC1OC(CO)C(O)C(O)C1O)NC(=O)CCCCCCCCC/C=C\CCCCCCCCCCCCC. The molecule has 0 aromatic carbocycles. The van der Waals surface area contributed by atoms with Crippen molar-refractivity contribution in [1.82, 2.24) is 5.32 Å². The number of aliphatic hydroxyl groups is 5. The van der Waals surface area contributed by atoms with E-state index in [1.165, 1.54) is 154 Å². The Labute approximate surface area is 368 Å². The van der Waals surface area contributed by atoms with Gasteiger partial charge in [-0.2, -0.15) is 0 Å². The summed E-state index contributed by atoms with van der Waals surface area (Å²) in [6, 6.07) is -0.822. The topological polar surface area (TPSA) is 149 Å². The van der Waals surface area contributed by atoms with E-state index in [0.29, 0.717) is 6.42 Å². The number of hydrogen-bond donors (Lipinski definition) is 6. The molecule has 6 N–H and O–H groups in total. The second kappa shape index (κ2) is 41.4. The number of nitrogens with one attached hydrogen (secondary N) is 1. The van der Waals surface area contributed by atoms with Crippen molar-refractivity contribution in [1.29, 1.82) is 0 Å². The van der Waals surface area contributed by atoms with E-state index in [4.69, 9.17) is 9.47 Å². The Balaban J connectivity index is 2.31. The molecular formula is C51H95NO8. The van der Waals surface area contributed by atoms with Gasteiger partial charge in [0, 0.05) is 6.42 Å². The van der Waals surface area contributed by atoms with Crippen LogP contribution in [0.2, 0.25) is 0 Å². The first kappa shape index (κ1) is 56.4. The number of carbonyl (C=O) groups excluding carboxylic acids is 1. The van der Waals surface area contributed by atoms with Crippen molar-refractivity contribution in [3.63, 3.8) is 0 Å². The summed E-state index contributed by atoms with van der Waals surface area (Å²) in [4.78, 5) is 13.0. The monoisotopic (exact) mass is 850 g/mol. The lowest BCUT2D eigenvalue weighted by Crippen LogP contribution is -2.60. The van der Waals surface area contributed by atoms with Gasteiger partial charge in [-0.15, -0.1) is 0 Å². The van der Waals surface area contributed by atoms with Crippen molar-refractivity contribution >= 4 is 5.91 Å². The van der Waals surface area contributed by atoms with E-state index in [0.717, 1.165) is 51.4 Å². The minimum absolute atomic E-state index is 0.191. The molecule has 1 aliphatic heterocycles. The Bertz CT molecular complexity index is 1030. The molecule has 0 aliphatic carbocycles. The number of amides is 1. The predicted molar refractivity (Wildman–Crippen MR) is 249 cm³/mol. The number of unbranched alkanes of at least 4 members (excludes halogenated alkanes) is 28. The molecule has 1 fully saturated rings. The molecule has 1 amide bonds. The van der Waals surface area contributed by atoms with E-state index in [1.807, 2.05) is 6.08 Å². The van der Waals surface area contributed by atoms with Crippen molar-refractivity contribution in [2.24, 2.45) is 0 Å². The Morgan fingerprint density at radius 1 is 0.550 bits per heavy atom. The summed E-state index contributed by atoms with van der Waals surface area (Å²) in [7, 11) is 0. The Morgan fingerprint density at radius 2 is 0.950 bits per heavy atom. The van der Waals surface area contributed by atoms with Gasteiger partial charge >= 0.3 is 0 Å². The maximum absolute atomic E-state index is 13.0. The van der Waals surface area contributed by atoms with Crippen molar-refractivity contribution in [2.75, 3.05) is 13.2 Å². The van der Waals surface area contributed by atoms with Crippen LogP contribution in [0.1, 0.15) is 226 Å². The lowest BCUT2D eigenvalue weighted by molar-refractivity contribution is -0.302. The Morgan fingerprint density at radius 3 is 1.40 bits per heavy atom. The number of rotatable bonds is 42. The third-order valence-electron chi connectivity index (χ3n) is 11.9. The van der Waals surface area contributed by atoms with Crippen LogP contribution < -0.4 is 5.32 Å². The maximum Gasteiger partial charge on any atom is 0.220 e. The van der Waals surface area contributed by atoms with Crippen molar-refractivity contribution < 1.29 is 39.8 Å². The first-order chi connectivity index (χ1) is 29.3. The van der Waals surface area contributed by atoms with E-state index in [2.05, 4.69) is 43.5 Å². The van der Waals surface area contributed by atoms with E-state index >= 15 is 0 Å². The third-order valence-corrected chi connectivity index (χ3v) is 11.9. The van der Waals surface area contributed by atoms with Crippen LogP contribution in [0.5, 0.6) is 0 Å². The van der Waals surface area contributed by atoms with Gasteiger partial charge < -0.3 is 40.3 Å². The van der Waals surface area contributed by atoms with Gasteiger partial charge in [0.25, 0.3) is 0 Å². The van der Waals surface area contributed by atoms with Crippen LogP contribution in [0.25, 0.3) is 0 Å². The molecule has 1 heterocycles. The highest BCUT2D eigenvalue weighted by molar-refractivity contribution is 5.76. The van der Waals surface area contributed by atoms with Gasteiger partial charge in [0.1, 0.15) is 24.4 Å². The second-order valence-corrected chi connectivity index (χ2v) is 17.6. The molecule has 0 spiro atoms. The molecule has 0 aromatic rings. The first-order valence-corrected chi connectivity index (χ1v) is 25.2. The summed E-state index contributed by atoms with van der Waals surface area (Å²) in [5.41, 5.74) is 0. The number of ether oxygens (including phenoxy) is 2. The van der Waals surface area contributed by atoms with Gasteiger partial charge in [-0.1, -0.05) is 198 Å². The van der Waals surface area contributed by atoms with Crippen LogP contribution >= 0.6 is 0 Å². The summed E-state index contributed by atoms with van der Waals surface area (Å²) < 4.78 is 11.2. The molecule has 60 heavy (non-hydrogen) atoms. The van der Waals surface area contributed by atoms with Crippen LogP contribution in [-0.4, -0.2) is 87.5 Å². The highest BCUT2D eigenvalue weighted by atomic mass is 16.7. The van der Waals surface area contributed by atoms with E-state index < -0.39 is 49.5 Å². The number of aliphatic hydroxyl groups excluding tert-OH is 5. The molecule has 7 atom stereocenters. The molecule has 9 heteroatoms. The summed E-state index contributed by atoms with van der Waals surface area (Å²) in [5.74, 6) is -0.191. The van der Waals surface area contributed by atoms with Gasteiger partial charge in [0.2, 0.25) is 5.91 Å². The Kier molecular flexibility index (Phi) is 39.0. The highest BCUT2D eigenvalue weighted by Gasteiger charge is 2.44. The average molecular weight is 850 g/mol. The van der Waals surface area contributed by atoms with Crippen LogP contribution in [0.15, 0.2) is 36.5 Å². The van der Waals surface area contributed by atoms with Crippen molar-refractivity contribution in [3.05, 3.63) is 36.5 Å². The lowest BCUT2D eigenvalue weighted by Gasteiger charge is -2.40. The van der Waals surface area contributed by atoms with Gasteiger partial charge in [0.15, 0.2) is 6.29 Å². The third kappa shape index (κ3) is 31.3. The van der Waals surface area contributed by atoms with E-state index in [-0.39, 0.29) is 12.5 Å². The molecule has 0 radical (unpaired) electrons. The molecule has 0 aromatic heterocycles. The largest absolute Gasteiger partial charge is 0.394 e. The summed E-state index contributed by atoms with van der Waals surface area (Å²) >= 11 is 0. The minimum atomic E-state index is -1.57. The molecule has 7 unspecified atom stereocenters. The molecule has 1 aliphatic rings. The van der Waals surface area contributed by atoms with Gasteiger partial charge in [-0.05, 0) is 57.8 Å². The van der Waals surface area contributed by atoms with E-state index in [9.17, 15) is 30.3 Å². The van der Waals surface area contributed by atoms with Crippen molar-refractivity contribution in [3.8, 4) is 0 Å². The molecule has 352 valence electrons. The zero-order valence-corrected chi connectivity index (χ0v) is 38.7. The standard InChI is InChI=1S/C51H95NO8/c1-3-5-7-9-11-13-15-17-19-20-21-22-23-24-25-27-29-31-33-35-37-39-41-47(55)52-44(43-59-51-50(58)49(57)48(56)46(42-53)60-51)45(54)40-38-36-34-32-30-28-26-18-16-14-12-10-8-6-4-2/h23-24,30,32,38,40,44-46,48-51,53-54,56-58H,3-22,25-29,31,33-37,39,41-43H2,1-2H3,(H,52,55)/b24-23-,32-30+,40-38+. The predicted octanol–water partition coefficient (Wildman–Crippen LogP) is 11.2. The smallest absolute Gasteiger partial charge is 0.220 e. The number of allylic oxidation sites excluding steroid dienone is 5. The Hall–Kier alpha value is -1.59. The minimum Gasteiger partial charge on any atom is -0.394 e. The highest BCUT2D eigenvalue weighted by Crippen LogP contribution is 2.23. The van der Waals surface area contributed by atoms with Crippen molar-refractivity contribution in [2.45, 2.75) is 269 Å². The quantitative estimate of drug-likeness (QED) is 0.0263. The average Bonchev–Trinajstić information content (AvgIpc) is 3.25. The fourth-order valence-electron chi connectivity index (χ4n) is 7.87. The fourth-order valence-corrected chi connectivity index (χ4v) is 7.87. The van der Waals surface area contributed by atoms with Crippen LogP contribution in [0.4, 0.5) is 0 Å². The normalized spacial score (nSPS) is 20.8. The molecule has 1 rings (SSSR count). The summed E-state index contributed by atoms with van der Waals surface area (Å²) in [5, 5.41) is 54.2. The molecular weight excluding hydrogens is 755 g/mol. The lowest BCUT2D eigenvalue weighted by atomic mass is 9.99. The zero-order chi connectivity index (χ0) is 43.7. The number of carbonyl (C=O) groups is 1. The summed E-state index contributed by atoms with van der Waals surface area (Å²) in [6.07, 6.45) is 44.8. The molecule has 0 bridgehead atoms. The molecule has 9 nitrogen and oxygen atoms in total. The van der Waals surface area contributed by atoms with Gasteiger partial charge in [-0.25, -0.2) is 0 Å². The fraction of sp³-hybridized carbons (Fsp3) is 0.863. The van der Waals surface area contributed by atoms with Crippen LogP contribution in [-0.2, 0) is 14.3 Å². The summed E-state index contributed by atoms with van der Waals surface area (Å²) in [6.45, 7) is 3.76. The molecule has 0 saturated carbocycles. The second-order valence-electron chi connectivity index (χ2n) is 17.6. The number of hydrogen-bond acceptors (Lipinski definition) is 8. The van der Waals surface area contributed by atoms with Gasteiger partial charge in [0.05, 0.1) is 25.4 Å². The first-order valence-electron chi connectivity index (χ1n) is 25.2.